The zero-order valence-corrected chi connectivity index (χ0v) is 12.6. The first-order valence-corrected chi connectivity index (χ1v) is 7.26. The smallest absolute Gasteiger partial charge is 0.0686 e. The summed E-state index contributed by atoms with van der Waals surface area (Å²) in [6.45, 7) is 3.36. The molecule has 1 aromatic rings. The van der Waals surface area contributed by atoms with Gasteiger partial charge in [0.2, 0.25) is 0 Å². The van der Waals surface area contributed by atoms with Gasteiger partial charge >= 0.3 is 0 Å². The van der Waals surface area contributed by atoms with E-state index >= 15 is 0 Å². The first-order chi connectivity index (χ1) is 8.56. The monoisotopic (exact) mass is 312 g/mol. The standard InChI is InChI=1S/C14H21BrN2O/c1-10(18)9-17(2)14-6-3-12(15)7-11(14)8-16-13-4-5-13/h3,6-7,10,13,16,18H,4-5,8-9H2,1-2H3. The molecule has 2 N–H and O–H groups in total. The number of rotatable bonds is 6. The quantitative estimate of drug-likeness (QED) is 0.847. The molecule has 0 heterocycles. The molecule has 0 saturated heterocycles. The summed E-state index contributed by atoms with van der Waals surface area (Å²) in [5.74, 6) is 0. The SMILES string of the molecule is CC(O)CN(C)c1ccc(Br)cc1CNC1CC1. The molecule has 18 heavy (non-hydrogen) atoms. The lowest BCUT2D eigenvalue weighted by atomic mass is 10.1. The second kappa shape index (κ2) is 6.04. The van der Waals surface area contributed by atoms with Crippen molar-refractivity contribution in [2.24, 2.45) is 0 Å². The van der Waals surface area contributed by atoms with Crippen LogP contribution in [0.25, 0.3) is 0 Å². The van der Waals surface area contributed by atoms with Crippen LogP contribution in [0.3, 0.4) is 0 Å². The highest BCUT2D eigenvalue weighted by Crippen LogP contribution is 2.26. The highest BCUT2D eigenvalue weighted by Gasteiger charge is 2.21. The van der Waals surface area contributed by atoms with Crippen molar-refractivity contribution in [3.8, 4) is 0 Å². The maximum atomic E-state index is 9.49. The number of aliphatic hydroxyl groups is 1. The Hall–Kier alpha value is -0.580. The lowest BCUT2D eigenvalue weighted by Crippen LogP contribution is -2.28. The van der Waals surface area contributed by atoms with Gasteiger partial charge in [-0.25, -0.2) is 0 Å². The fourth-order valence-electron chi connectivity index (χ4n) is 2.10. The summed E-state index contributed by atoms with van der Waals surface area (Å²) in [5.41, 5.74) is 2.46. The Labute approximate surface area is 117 Å². The fourth-order valence-corrected chi connectivity index (χ4v) is 2.51. The van der Waals surface area contributed by atoms with E-state index in [1.165, 1.54) is 24.1 Å². The van der Waals surface area contributed by atoms with E-state index in [9.17, 15) is 5.11 Å². The number of aliphatic hydroxyl groups excluding tert-OH is 1. The van der Waals surface area contributed by atoms with Crippen molar-refractivity contribution in [3.63, 3.8) is 0 Å². The zero-order chi connectivity index (χ0) is 13.1. The molecule has 4 heteroatoms. The van der Waals surface area contributed by atoms with Gasteiger partial charge < -0.3 is 15.3 Å². The van der Waals surface area contributed by atoms with Gasteiger partial charge in [-0.1, -0.05) is 15.9 Å². The van der Waals surface area contributed by atoms with Gasteiger partial charge in [0.25, 0.3) is 0 Å². The Balaban J connectivity index is 2.10. The molecule has 0 spiro atoms. The molecule has 3 nitrogen and oxygen atoms in total. The van der Waals surface area contributed by atoms with Gasteiger partial charge in [-0.05, 0) is 43.5 Å². The molecule has 1 aliphatic carbocycles. The Kier molecular flexibility index (Phi) is 4.65. The van der Waals surface area contributed by atoms with Crippen molar-refractivity contribution < 1.29 is 5.11 Å². The molecule has 0 amide bonds. The summed E-state index contributed by atoms with van der Waals surface area (Å²) < 4.78 is 1.10. The van der Waals surface area contributed by atoms with Crippen molar-refractivity contribution in [2.75, 3.05) is 18.5 Å². The summed E-state index contributed by atoms with van der Waals surface area (Å²) in [7, 11) is 2.02. The Morgan fingerprint density at radius 2 is 2.22 bits per heavy atom. The average Bonchev–Trinajstić information content (AvgIpc) is 3.09. The summed E-state index contributed by atoms with van der Waals surface area (Å²) in [4.78, 5) is 2.11. The number of hydrogen-bond acceptors (Lipinski definition) is 3. The Morgan fingerprint density at radius 3 is 2.83 bits per heavy atom. The first-order valence-electron chi connectivity index (χ1n) is 6.47. The third kappa shape index (κ3) is 3.97. The molecule has 100 valence electrons. The van der Waals surface area contributed by atoms with E-state index in [0.29, 0.717) is 12.6 Å². The Bertz CT molecular complexity index is 405. The lowest BCUT2D eigenvalue weighted by molar-refractivity contribution is 0.201. The molecular weight excluding hydrogens is 292 g/mol. The number of nitrogens with one attached hydrogen (secondary N) is 1. The van der Waals surface area contributed by atoms with E-state index in [0.717, 1.165) is 11.0 Å². The van der Waals surface area contributed by atoms with Crippen LogP contribution in [0.1, 0.15) is 25.3 Å². The lowest BCUT2D eigenvalue weighted by Gasteiger charge is -2.24. The number of halogens is 1. The summed E-state index contributed by atoms with van der Waals surface area (Å²) in [6.07, 6.45) is 2.28. The minimum Gasteiger partial charge on any atom is -0.392 e. The van der Waals surface area contributed by atoms with E-state index in [4.69, 9.17) is 0 Å². The van der Waals surface area contributed by atoms with Crippen molar-refractivity contribution in [1.82, 2.24) is 5.32 Å². The van der Waals surface area contributed by atoms with Gasteiger partial charge in [0, 0.05) is 36.3 Å². The number of nitrogens with zero attached hydrogens (tertiary/aromatic N) is 1. The van der Waals surface area contributed by atoms with E-state index in [-0.39, 0.29) is 6.10 Å². The van der Waals surface area contributed by atoms with Gasteiger partial charge in [0.15, 0.2) is 0 Å². The molecule has 1 aliphatic rings. The first kappa shape index (κ1) is 13.8. The molecule has 0 bridgehead atoms. The van der Waals surface area contributed by atoms with Crippen molar-refractivity contribution in [2.45, 2.75) is 38.5 Å². The van der Waals surface area contributed by atoms with E-state index in [1.807, 2.05) is 14.0 Å². The van der Waals surface area contributed by atoms with Crippen LogP contribution in [0.4, 0.5) is 5.69 Å². The molecule has 1 fully saturated rings. The van der Waals surface area contributed by atoms with Crippen LogP contribution < -0.4 is 10.2 Å². The molecule has 1 atom stereocenters. The molecular formula is C14H21BrN2O. The van der Waals surface area contributed by atoms with Crippen molar-refractivity contribution in [1.29, 1.82) is 0 Å². The molecule has 1 saturated carbocycles. The zero-order valence-electron chi connectivity index (χ0n) is 11.0. The number of anilines is 1. The fraction of sp³-hybridized carbons (Fsp3) is 0.571. The summed E-state index contributed by atoms with van der Waals surface area (Å²) in [5, 5.41) is 13.0. The van der Waals surface area contributed by atoms with Gasteiger partial charge in [-0.3, -0.25) is 0 Å². The van der Waals surface area contributed by atoms with Crippen LogP contribution >= 0.6 is 15.9 Å². The highest BCUT2D eigenvalue weighted by molar-refractivity contribution is 9.10. The average molecular weight is 313 g/mol. The number of benzene rings is 1. The predicted octanol–water partition coefficient (Wildman–Crippen LogP) is 2.52. The number of hydrogen-bond donors (Lipinski definition) is 2. The topological polar surface area (TPSA) is 35.5 Å². The van der Waals surface area contributed by atoms with Gasteiger partial charge in [-0.15, -0.1) is 0 Å². The molecule has 0 radical (unpaired) electrons. The maximum Gasteiger partial charge on any atom is 0.0686 e. The third-order valence-corrected chi connectivity index (χ3v) is 3.64. The summed E-state index contributed by atoms with van der Waals surface area (Å²) >= 11 is 3.52. The van der Waals surface area contributed by atoms with E-state index < -0.39 is 0 Å². The van der Waals surface area contributed by atoms with Crippen molar-refractivity contribution in [3.05, 3.63) is 28.2 Å². The highest BCUT2D eigenvalue weighted by atomic mass is 79.9. The minimum absolute atomic E-state index is 0.317. The molecule has 0 aromatic heterocycles. The van der Waals surface area contributed by atoms with Crippen LogP contribution in [-0.4, -0.2) is 30.8 Å². The number of likely N-dealkylation sites (N-methyl/N-ethyl adjacent to an activating group) is 1. The predicted molar refractivity (Wildman–Crippen MR) is 79.0 cm³/mol. The van der Waals surface area contributed by atoms with Crippen molar-refractivity contribution >= 4 is 21.6 Å². The second-order valence-electron chi connectivity index (χ2n) is 5.16. The van der Waals surface area contributed by atoms with Crippen LogP contribution in [0, 0.1) is 0 Å². The molecule has 0 aliphatic heterocycles. The normalized spacial score (nSPS) is 16.7. The van der Waals surface area contributed by atoms with E-state index in [2.05, 4.69) is 44.3 Å². The largest absolute Gasteiger partial charge is 0.392 e. The van der Waals surface area contributed by atoms with Crippen LogP contribution in [0.2, 0.25) is 0 Å². The molecule has 1 unspecified atom stereocenters. The summed E-state index contributed by atoms with van der Waals surface area (Å²) in [6, 6.07) is 7.02. The maximum absolute atomic E-state index is 9.49. The van der Waals surface area contributed by atoms with Crippen LogP contribution in [0.15, 0.2) is 22.7 Å². The van der Waals surface area contributed by atoms with Crippen LogP contribution in [-0.2, 0) is 6.54 Å². The molecule has 1 aromatic carbocycles. The Morgan fingerprint density at radius 1 is 1.50 bits per heavy atom. The minimum atomic E-state index is -0.317. The molecule has 2 rings (SSSR count). The third-order valence-electron chi connectivity index (χ3n) is 3.15. The van der Waals surface area contributed by atoms with Gasteiger partial charge in [-0.2, -0.15) is 0 Å². The van der Waals surface area contributed by atoms with E-state index in [1.54, 1.807) is 0 Å². The second-order valence-corrected chi connectivity index (χ2v) is 6.07. The van der Waals surface area contributed by atoms with Gasteiger partial charge in [0.1, 0.15) is 0 Å². The van der Waals surface area contributed by atoms with Crippen LogP contribution in [0.5, 0.6) is 0 Å². The van der Waals surface area contributed by atoms with Gasteiger partial charge in [0.05, 0.1) is 6.10 Å².